The summed E-state index contributed by atoms with van der Waals surface area (Å²) >= 11 is 0. The van der Waals surface area contributed by atoms with E-state index in [2.05, 4.69) is 31.1 Å². The maximum Gasteiger partial charge on any atom is 0.325 e. The van der Waals surface area contributed by atoms with Crippen molar-refractivity contribution in [1.29, 1.82) is 0 Å². The quantitative estimate of drug-likeness (QED) is 0.734. The fourth-order valence-corrected chi connectivity index (χ4v) is 3.24. The summed E-state index contributed by atoms with van der Waals surface area (Å²) in [6, 6.07) is 0.706. The Balaban J connectivity index is 2.36. The van der Waals surface area contributed by atoms with Crippen LogP contribution in [0.5, 0.6) is 0 Å². The number of carbonyl (C=O) groups excluding carboxylic acids is 1. The van der Waals surface area contributed by atoms with Gasteiger partial charge in [0.15, 0.2) is 0 Å². The molecule has 0 aliphatic heterocycles. The van der Waals surface area contributed by atoms with Crippen LogP contribution >= 0.6 is 0 Å². The van der Waals surface area contributed by atoms with Gasteiger partial charge in [-0.05, 0) is 71.5 Å². The minimum atomic E-state index is -0.565. The highest BCUT2D eigenvalue weighted by Crippen LogP contribution is 2.36. The van der Waals surface area contributed by atoms with Gasteiger partial charge in [0.25, 0.3) is 0 Å². The van der Waals surface area contributed by atoms with E-state index < -0.39 is 5.54 Å². The molecule has 4 nitrogen and oxygen atoms in total. The maximum absolute atomic E-state index is 11.8. The highest BCUT2D eigenvalue weighted by Gasteiger charge is 2.33. The number of carbonyl (C=O) groups is 1. The lowest BCUT2D eigenvalue weighted by Gasteiger charge is -2.39. The van der Waals surface area contributed by atoms with E-state index in [4.69, 9.17) is 4.74 Å². The molecule has 0 aromatic heterocycles. The highest BCUT2D eigenvalue weighted by molar-refractivity contribution is 5.80. The second-order valence-corrected chi connectivity index (χ2v) is 7.55. The van der Waals surface area contributed by atoms with Gasteiger partial charge in [-0.15, -0.1) is 0 Å². The first kappa shape index (κ1) is 18.4. The van der Waals surface area contributed by atoms with Gasteiger partial charge in [-0.25, -0.2) is 0 Å². The highest BCUT2D eigenvalue weighted by atomic mass is 16.5. The van der Waals surface area contributed by atoms with Gasteiger partial charge in [0.1, 0.15) is 5.54 Å². The van der Waals surface area contributed by atoms with Gasteiger partial charge in [-0.1, -0.05) is 13.8 Å². The summed E-state index contributed by atoms with van der Waals surface area (Å²) in [5.41, 5.74) is -0.0446. The molecule has 1 saturated carbocycles. The minimum absolute atomic E-state index is 0.174. The van der Waals surface area contributed by atoms with Gasteiger partial charge in [0.05, 0.1) is 7.11 Å². The summed E-state index contributed by atoms with van der Waals surface area (Å²) in [4.78, 5) is 14.3. The van der Waals surface area contributed by atoms with E-state index in [1.165, 1.54) is 32.8 Å². The third-order valence-electron chi connectivity index (χ3n) is 5.31. The lowest BCUT2D eigenvalue weighted by molar-refractivity contribution is -0.148. The Hall–Kier alpha value is -0.610. The van der Waals surface area contributed by atoms with Gasteiger partial charge >= 0.3 is 5.97 Å². The van der Waals surface area contributed by atoms with E-state index in [0.717, 1.165) is 19.4 Å². The molecule has 0 saturated heterocycles. The maximum atomic E-state index is 11.8. The van der Waals surface area contributed by atoms with Gasteiger partial charge in [-0.2, -0.15) is 0 Å². The number of ether oxygens (including phenoxy) is 1. The molecule has 0 spiro atoms. The van der Waals surface area contributed by atoms with Crippen molar-refractivity contribution in [1.82, 2.24) is 10.2 Å². The molecular weight excluding hydrogens is 264 g/mol. The van der Waals surface area contributed by atoms with Crippen LogP contribution in [0.4, 0.5) is 0 Å². The Labute approximate surface area is 130 Å². The molecular formula is C17H34N2O2. The zero-order valence-corrected chi connectivity index (χ0v) is 14.8. The van der Waals surface area contributed by atoms with Crippen molar-refractivity contribution in [3.05, 3.63) is 0 Å². The average molecular weight is 298 g/mol. The minimum Gasteiger partial charge on any atom is -0.468 e. The van der Waals surface area contributed by atoms with Gasteiger partial charge in [0.2, 0.25) is 0 Å². The summed E-state index contributed by atoms with van der Waals surface area (Å²) in [5.74, 6) is -0.174. The normalized spacial score (nSPS) is 22.0. The van der Waals surface area contributed by atoms with Crippen LogP contribution in [-0.4, -0.2) is 50.2 Å². The lowest BCUT2D eigenvalue weighted by atomic mass is 9.75. The van der Waals surface area contributed by atoms with E-state index in [9.17, 15) is 4.79 Å². The summed E-state index contributed by atoms with van der Waals surface area (Å²) in [6.45, 7) is 7.71. The van der Waals surface area contributed by atoms with E-state index >= 15 is 0 Å². The first-order chi connectivity index (χ1) is 9.74. The molecule has 1 aliphatic carbocycles. The summed E-state index contributed by atoms with van der Waals surface area (Å²) in [7, 11) is 5.50. The molecule has 21 heavy (non-hydrogen) atoms. The first-order valence-corrected chi connectivity index (χ1v) is 8.22. The van der Waals surface area contributed by atoms with Crippen LogP contribution in [0.25, 0.3) is 0 Å². The Morgan fingerprint density at radius 2 is 1.95 bits per heavy atom. The van der Waals surface area contributed by atoms with Crippen molar-refractivity contribution < 1.29 is 9.53 Å². The standard InChI is InChI=1S/C17H34N2O2/c1-16(2)11-8-14(9-12-16)19(5)13-7-10-17(3,18-4)15(20)21-6/h14,18H,7-13H2,1-6H3. The second-order valence-electron chi connectivity index (χ2n) is 7.55. The topological polar surface area (TPSA) is 41.6 Å². The van der Waals surface area contributed by atoms with Crippen molar-refractivity contribution >= 4 is 5.97 Å². The number of rotatable bonds is 7. The smallest absolute Gasteiger partial charge is 0.325 e. The van der Waals surface area contributed by atoms with E-state index in [0.29, 0.717) is 11.5 Å². The molecule has 0 heterocycles. The van der Waals surface area contributed by atoms with Gasteiger partial charge < -0.3 is 15.0 Å². The van der Waals surface area contributed by atoms with Crippen molar-refractivity contribution in [2.75, 3.05) is 27.7 Å². The number of nitrogens with one attached hydrogen (secondary N) is 1. The monoisotopic (exact) mass is 298 g/mol. The van der Waals surface area contributed by atoms with E-state index in [1.807, 2.05) is 14.0 Å². The van der Waals surface area contributed by atoms with Crippen LogP contribution in [0.1, 0.15) is 59.3 Å². The molecule has 1 N–H and O–H groups in total. The predicted molar refractivity (Wildman–Crippen MR) is 87.4 cm³/mol. The predicted octanol–water partition coefficient (Wildman–Crippen LogP) is 2.82. The average Bonchev–Trinajstić information content (AvgIpc) is 2.45. The summed E-state index contributed by atoms with van der Waals surface area (Å²) in [5, 5.41) is 3.10. The third-order valence-corrected chi connectivity index (χ3v) is 5.31. The molecule has 0 amide bonds. The number of esters is 1. The van der Waals surface area contributed by atoms with Gasteiger partial charge in [-0.3, -0.25) is 4.79 Å². The largest absolute Gasteiger partial charge is 0.468 e. The Morgan fingerprint density at radius 1 is 1.38 bits per heavy atom. The summed E-state index contributed by atoms with van der Waals surface area (Å²) < 4.78 is 4.89. The van der Waals surface area contributed by atoms with E-state index in [1.54, 1.807) is 0 Å². The molecule has 0 radical (unpaired) electrons. The van der Waals surface area contributed by atoms with Crippen LogP contribution in [0.3, 0.4) is 0 Å². The zero-order chi connectivity index (χ0) is 16.1. The van der Waals surface area contributed by atoms with Gasteiger partial charge in [0, 0.05) is 6.04 Å². The summed E-state index contributed by atoms with van der Waals surface area (Å²) in [6.07, 6.45) is 7.03. The third kappa shape index (κ3) is 5.26. The van der Waals surface area contributed by atoms with Crippen molar-refractivity contribution in [3.63, 3.8) is 0 Å². The molecule has 0 aromatic rings. The zero-order valence-electron chi connectivity index (χ0n) is 14.8. The molecule has 124 valence electrons. The Morgan fingerprint density at radius 3 is 2.43 bits per heavy atom. The molecule has 4 heteroatoms. The Kier molecular flexibility index (Phi) is 6.67. The van der Waals surface area contributed by atoms with Crippen molar-refractivity contribution in [2.45, 2.75) is 70.9 Å². The molecule has 1 fully saturated rings. The number of hydrogen-bond donors (Lipinski definition) is 1. The van der Waals surface area contributed by atoms with E-state index in [-0.39, 0.29) is 5.97 Å². The van der Waals surface area contributed by atoms with Crippen LogP contribution in [0.15, 0.2) is 0 Å². The molecule has 1 unspecified atom stereocenters. The fourth-order valence-electron chi connectivity index (χ4n) is 3.24. The van der Waals surface area contributed by atoms with Crippen LogP contribution in [0, 0.1) is 5.41 Å². The SMILES string of the molecule is CNC(C)(CCCN(C)C1CCC(C)(C)CC1)C(=O)OC. The van der Waals surface area contributed by atoms with Crippen LogP contribution < -0.4 is 5.32 Å². The molecule has 0 bridgehead atoms. The molecule has 1 atom stereocenters. The number of hydrogen-bond acceptors (Lipinski definition) is 4. The molecule has 1 aliphatic rings. The Bertz CT molecular complexity index is 334. The van der Waals surface area contributed by atoms with Crippen molar-refractivity contribution in [2.24, 2.45) is 5.41 Å². The number of likely N-dealkylation sites (N-methyl/N-ethyl adjacent to an activating group) is 1. The number of nitrogens with zero attached hydrogens (tertiary/aromatic N) is 1. The molecule has 0 aromatic carbocycles. The fraction of sp³-hybridized carbons (Fsp3) is 0.941. The first-order valence-electron chi connectivity index (χ1n) is 8.22. The van der Waals surface area contributed by atoms with Crippen LogP contribution in [-0.2, 0) is 9.53 Å². The second kappa shape index (κ2) is 7.59. The van der Waals surface area contributed by atoms with Crippen LogP contribution in [0.2, 0.25) is 0 Å². The molecule has 1 rings (SSSR count). The lowest BCUT2D eigenvalue weighted by Crippen LogP contribution is -2.48. The number of methoxy groups -OCH3 is 1. The van der Waals surface area contributed by atoms with Crippen molar-refractivity contribution in [3.8, 4) is 0 Å².